The highest BCUT2D eigenvalue weighted by molar-refractivity contribution is 5.90. The number of esters is 1. The normalized spacial score (nSPS) is 14.5. The fourth-order valence-electron chi connectivity index (χ4n) is 2.87. The SMILES string of the molecule is CCCCCCCCCCC(CC(F)(F)C(F)(F)C(F)(F)C(F)(F)F)OC(=O)C=CC(=O)O. The van der Waals surface area contributed by atoms with Crippen LogP contribution >= 0.6 is 0 Å². The molecule has 0 spiro atoms. The molecule has 0 aliphatic carbocycles. The average molecular weight is 502 g/mol. The first-order valence-electron chi connectivity index (χ1n) is 10.3. The highest BCUT2D eigenvalue weighted by atomic mass is 19.4. The van der Waals surface area contributed by atoms with E-state index in [-0.39, 0.29) is 18.6 Å². The number of carboxylic acid groups (broad SMARTS) is 1. The average Bonchev–Trinajstić information content (AvgIpc) is 2.66. The number of carbonyl (C=O) groups excluding carboxylic acids is 1. The van der Waals surface area contributed by atoms with Gasteiger partial charge in [-0.15, -0.1) is 0 Å². The van der Waals surface area contributed by atoms with Crippen LogP contribution in [0.3, 0.4) is 0 Å². The van der Waals surface area contributed by atoms with Gasteiger partial charge < -0.3 is 9.84 Å². The van der Waals surface area contributed by atoms with Crippen LogP contribution in [0.1, 0.15) is 71.1 Å². The molecule has 33 heavy (non-hydrogen) atoms. The third-order valence-corrected chi connectivity index (χ3v) is 4.72. The van der Waals surface area contributed by atoms with Crippen molar-refractivity contribution in [3.63, 3.8) is 0 Å². The van der Waals surface area contributed by atoms with E-state index in [4.69, 9.17) is 5.11 Å². The molecule has 4 nitrogen and oxygen atoms in total. The molecular weight excluding hydrogens is 475 g/mol. The van der Waals surface area contributed by atoms with Crippen molar-refractivity contribution in [3.8, 4) is 0 Å². The van der Waals surface area contributed by atoms with E-state index in [0.717, 1.165) is 32.1 Å². The van der Waals surface area contributed by atoms with Crippen LogP contribution in [0, 0.1) is 0 Å². The molecule has 13 heteroatoms. The summed E-state index contributed by atoms with van der Waals surface area (Å²) in [7, 11) is 0. The predicted molar refractivity (Wildman–Crippen MR) is 99.4 cm³/mol. The smallest absolute Gasteiger partial charge is 0.460 e. The van der Waals surface area contributed by atoms with Gasteiger partial charge in [-0.2, -0.15) is 39.5 Å². The Hall–Kier alpha value is -1.95. The van der Waals surface area contributed by atoms with Crippen molar-refractivity contribution in [1.82, 2.24) is 0 Å². The molecule has 0 fully saturated rings. The zero-order valence-corrected chi connectivity index (χ0v) is 17.9. The third kappa shape index (κ3) is 9.83. The first kappa shape index (κ1) is 31.0. The molecule has 0 aromatic heterocycles. The maximum Gasteiger partial charge on any atom is 0.460 e. The Morgan fingerprint density at radius 2 is 1.27 bits per heavy atom. The number of carboxylic acids is 1. The van der Waals surface area contributed by atoms with Crippen molar-refractivity contribution in [2.75, 3.05) is 0 Å². The van der Waals surface area contributed by atoms with E-state index in [1.807, 2.05) is 6.92 Å². The highest BCUT2D eigenvalue weighted by Crippen LogP contribution is 2.54. The van der Waals surface area contributed by atoms with Gasteiger partial charge >= 0.3 is 35.9 Å². The highest BCUT2D eigenvalue weighted by Gasteiger charge is 2.81. The van der Waals surface area contributed by atoms with Crippen molar-refractivity contribution in [1.29, 1.82) is 0 Å². The number of carbonyl (C=O) groups is 2. The van der Waals surface area contributed by atoms with Gasteiger partial charge in [0, 0.05) is 12.2 Å². The van der Waals surface area contributed by atoms with Crippen LogP contribution in [0.4, 0.5) is 39.5 Å². The standard InChI is InChI=1S/C20H27F9O4/c1-2-3-4-5-6-7-8-9-10-14(33-16(32)12-11-15(30)31)13-17(21,22)18(23,24)19(25,26)20(27,28)29/h11-12,14H,2-10,13H2,1H3,(H,30,31). The molecular formula is C20H27F9O4. The summed E-state index contributed by atoms with van der Waals surface area (Å²) in [5, 5.41) is 8.43. The van der Waals surface area contributed by atoms with E-state index in [0.29, 0.717) is 12.8 Å². The molecule has 0 aliphatic heterocycles. The number of unbranched alkanes of at least 4 members (excludes halogenated alkanes) is 7. The van der Waals surface area contributed by atoms with Crippen LogP contribution in [-0.4, -0.2) is 47.1 Å². The lowest BCUT2D eigenvalue weighted by molar-refractivity contribution is -0.398. The van der Waals surface area contributed by atoms with Crippen LogP contribution in [-0.2, 0) is 14.3 Å². The molecule has 0 bridgehead atoms. The van der Waals surface area contributed by atoms with Crippen LogP contribution in [0.5, 0.6) is 0 Å². The first-order chi connectivity index (χ1) is 15.0. The molecule has 0 aromatic carbocycles. The fourth-order valence-corrected chi connectivity index (χ4v) is 2.87. The van der Waals surface area contributed by atoms with Crippen molar-refractivity contribution in [2.45, 2.75) is 101 Å². The molecule has 0 saturated heterocycles. The van der Waals surface area contributed by atoms with Crippen LogP contribution in [0.25, 0.3) is 0 Å². The number of ether oxygens (including phenoxy) is 1. The van der Waals surface area contributed by atoms with Gasteiger partial charge in [-0.25, -0.2) is 9.59 Å². The summed E-state index contributed by atoms with van der Waals surface area (Å²) >= 11 is 0. The Balaban J connectivity index is 5.29. The summed E-state index contributed by atoms with van der Waals surface area (Å²) in [6.45, 7) is 2.01. The van der Waals surface area contributed by atoms with Gasteiger partial charge in [-0.1, -0.05) is 51.9 Å². The summed E-state index contributed by atoms with van der Waals surface area (Å²) in [4.78, 5) is 21.9. The minimum atomic E-state index is -7.04. The van der Waals surface area contributed by atoms with E-state index >= 15 is 0 Å². The second-order valence-corrected chi connectivity index (χ2v) is 7.55. The maximum absolute atomic E-state index is 14.0. The minimum absolute atomic E-state index is 0.0334. The van der Waals surface area contributed by atoms with Gasteiger partial charge in [0.05, 0.1) is 6.42 Å². The molecule has 0 radical (unpaired) electrons. The third-order valence-electron chi connectivity index (χ3n) is 4.72. The largest absolute Gasteiger partial charge is 0.478 e. The minimum Gasteiger partial charge on any atom is -0.478 e. The fraction of sp³-hybridized carbons (Fsp3) is 0.800. The Morgan fingerprint density at radius 3 is 1.73 bits per heavy atom. The van der Waals surface area contributed by atoms with E-state index in [2.05, 4.69) is 4.74 Å². The first-order valence-corrected chi connectivity index (χ1v) is 10.3. The Morgan fingerprint density at radius 1 is 0.788 bits per heavy atom. The van der Waals surface area contributed by atoms with Crippen molar-refractivity contribution in [2.24, 2.45) is 0 Å². The predicted octanol–water partition coefficient (Wildman–Crippen LogP) is 6.93. The monoisotopic (exact) mass is 502 g/mol. The van der Waals surface area contributed by atoms with Crippen molar-refractivity contribution >= 4 is 11.9 Å². The van der Waals surface area contributed by atoms with E-state index in [9.17, 15) is 49.1 Å². The molecule has 0 aromatic rings. The zero-order chi connectivity index (χ0) is 25.9. The molecule has 194 valence electrons. The van der Waals surface area contributed by atoms with Gasteiger partial charge in [0.1, 0.15) is 6.10 Å². The van der Waals surface area contributed by atoms with Gasteiger partial charge in [0.15, 0.2) is 0 Å². The Kier molecular flexibility index (Phi) is 12.3. The molecule has 1 unspecified atom stereocenters. The Labute approximate surface area is 185 Å². The van der Waals surface area contributed by atoms with Gasteiger partial charge in [-0.05, 0) is 12.8 Å². The number of rotatable bonds is 16. The molecule has 0 rings (SSSR count). The number of hydrogen-bond acceptors (Lipinski definition) is 3. The molecule has 1 atom stereocenters. The lowest BCUT2D eigenvalue weighted by Crippen LogP contribution is -2.61. The summed E-state index contributed by atoms with van der Waals surface area (Å²) in [5.74, 6) is -22.9. The van der Waals surface area contributed by atoms with Crippen molar-refractivity contribution in [3.05, 3.63) is 12.2 Å². The van der Waals surface area contributed by atoms with Crippen LogP contribution in [0.2, 0.25) is 0 Å². The van der Waals surface area contributed by atoms with E-state index in [1.54, 1.807) is 0 Å². The Bertz CT molecular complexity index is 646. The summed E-state index contributed by atoms with van der Waals surface area (Å²) in [6, 6.07) is 0. The van der Waals surface area contributed by atoms with Crippen LogP contribution in [0.15, 0.2) is 12.2 Å². The molecule has 0 heterocycles. The lowest BCUT2D eigenvalue weighted by Gasteiger charge is -2.35. The number of alkyl halides is 9. The topological polar surface area (TPSA) is 63.6 Å². The quantitative estimate of drug-likeness (QED) is 0.108. The second kappa shape index (κ2) is 13.1. The number of halogens is 9. The summed E-state index contributed by atoms with van der Waals surface area (Å²) in [5.41, 5.74) is 0. The molecule has 1 N–H and O–H groups in total. The number of hydrogen-bond donors (Lipinski definition) is 1. The van der Waals surface area contributed by atoms with Gasteiger partial charge in [0.25, 0.3) is 0 Å². The lowest BCUT2D eigenvalue weighted by atomic mass is 9.95. The molecule has 0 amide bonds. The van der Waals surface area contributed by atoms with E-state index in [1.165, 1.54) is 0 Å². The molecule has 0 saturated carbocycles. The van der Waals surface area contributed by atoms with Crippen LogP contribution < -0.4 is 0 Å². The number of aliphatic carboxylic acids is 1. The summed E-state index contributed by atoms with van der Waals surface area (Å²) in [6.07, 6.45) is -5.72. The zero-order valence-electron chi connectivity index (χ0n) is 17.9. The molecule has 0 aliphatic rings. The van der Waals surface area contributed by atoms with Crippen molar-refractivity contribution < 1.29 is 58.9 Å². The summed E-state index contributed by atoms with van der Waals surface area (Å²) < 4.78 is 122. The second-order valence-electron chi connectivity index (χ2n) is 7.55. The maximum atomic E-state index is 14.0. The van der Waals surface area contributed by atoms with E-state index < -0.39 is 54.8 Å². The van der Waals surface area contributed by atoms with Gasteiger partial charge in [0.2, 0.25) is 0 Å². The van der Waals surface area contributed by atoms with Gasteiger partial charge in [-0.3, -0.25) is 0 Å².